The number of benzene rings is 1. The van der Waals surface area contributed by atoms with Crippen molar-refractivity contribution < 1.29 is 4.74 Å². The number of hydrogen-bond donors (Lipinski definition) is 1. The highest BCUT2D eigenvalue weighted by molar-refractivity contribution is 6.04. The molecule has 0 amide bonds. The van der Waals surface area contributed by atoms with Gasteiger partial charge in [-0.05, 0) is 37.9 Å². The van der Waals surface area contributed by atoms with Gasteiger partial charge in [0.15, 0.2) is 0 Å². The Hall–Kier alpha value is -2.38. The lowest BCUT2D eigenvalue weighted by Gasteiger charge is -2.40. The summed E-state index contributed by atoms with van der Waals surface area (Å²) in [7, 11) is 1.64. The summed E-state index contributed by atoms with van der Waals surface area (Å²) >= 11 is 0. The number of aryl methyl sites for hydroxylation is 1. The normalized spacial score (nSPS) is 19.4. The minimum absolute atomic E-state index is 0.00212. The van der Waals surface area contributed by atoms with E-state index >= 15 is 0 Å². The minimum Gasteiger partial charge on any atom is -0.497 e. The Balaban J connectivity index is 1.19. The largest absolute Gasteiger partial charge is 0.497 e. The summed E-state index contributed by atoms with van der Waals surface area (Å²) in [4.78, 5) is 26.1. The molecule has 3 heterocycles. The van der Waals surface area contributed by atoms with Crippen molar-refractivity contribution in [3.8, 4) is 5.75 Å². The Kier molecular flexibility index (Phi) is 5.96. The predicted octanol–water partition coefficient (Wildman–Crippen LogP) is 3.23. The van der Waals surface area contributed by atoms with E-state index in [0.717, 1.165) is 54.3 Å². The predicted molar refractivity (Wildman–Crippen MR) is 124 cm³/mol. The van der Waals surface area contributed by atoms with Crippen molar-refractivity contribution in [2.24, 2.45) is 0 Å². The van der Waals surface area contributed by atoms with Crippen LogP contribution in [-0.4, -0.2) is 70.2 Å². The third kappa shape index (κ3) is 4.21. The zero-order chi connectivity index (χ0) is 21.2. The average molecular weight is 424 g/mol. The molecule has 0 unspecified atom stereocenters. The molecule has 2 aliphatic rings. The molecule has 2 fully saturated rings. The van der Waals surface area contributed by atoms with Crippen molar-refractivity contribution in [2.75, 3.05) is 39.8 Å². The van der Waals surface area contributed by atoms with E-state index < -0.39 is 0 Å². The van der Waals surface area contributed by atoms with Crippen LogP contribution in [0, 0.1) is 0 Å². The van der Waals surface area contributed by atoms with E-state index in [1.165, 1.54) is 45.2 Å². The van der Waals surface area contributed by atoms with Crippen LogP contribution in [0.25, 0.3) is 21.9 Å². The van der Waals surface area contributed by atoms with Gasteiger partial charge in [-0.1, -0.05) is 19.3 Å². The number of nitrogens with one attached hydrogen (secondary N) is 1. The maximum Gasteiger partial charge on any atom is 0.277 e. The van der Waals surface area contributed by atoms with Crippen LogP contribution in [0.5, 0.6) is 5.75 Å². The van der Waals surface area contributed by atoms with Crippen molar-refractivity contribution in [3.05, 3.63) is 34.9 Å². The van der Waals surface area contributed by atoms with Gasteiger partial charge < -0.3 is 14.6 Å². The number of piperazine rings is 1. The maximum atomic E-state index is 13.0. The van der Waals surface area contributed by atoms with Gasteiger partial charge in [-0.2, -0.15) is 0 Å². The lowest BCUT2D eigenvalue weighted by Crippen LogP contribution is -2.50. The van der Waals surface area contributed by atoms with Gasteiger partial charge in [0.1, 0.15) is 16.8 Å². The van der Waals surface area contributed by atoms with Crippen LogP contribution in [0.2, 0.25) is 0 Å². The summed E-state index contributed by atoms with van der Waals surface area (Å²) in [5.41, 5.74) is 2.19. The number of fused-ring (bicyclic) bond motifs is 3. The molecular formula is C24H33N5O2. The van der Waals surface area contributed by atoms with Crippen molar-refractivity contribution in [2.45, 2.75) is 51.1 Å². The van der Waals surface area contributed by atoms with E-state index in [4.69, 9.17) is 4.74 Å². The summed E-state index contributed by atoms with van der Waals surface area (Å²) in [5, 5.41) is 0.955. The molecule has 31 heavy (non-hydrogen) atoms. The Morgan fingerprint density at radius 2 is 1.90 bits per heavy atom. The first-order valence-electron chi connectivity index (χ1n) is 11.7. The van der Waals surface area contributed by atoms with Crippen molar-refractivity contribution in [3.63, 3.8) is 0 Å². The number of methoxy groups -OCH3 is 1. The van der Waals surface area contributed by atoms with E-state index in [9.17, 15) is 4.79 Å². The fourth-order valence-electron chi connectivity index (χ4n) is 5.32. The lowest BCUT2D eigenvalue weighted by atomic mass is 9.94. The number of nitrogens with zero attached hydrogens (tertiary/aromatic N) is 4. The van der Waals surface area contributed by atoms with Crippen LogP contribution >= 0.6 is 0 Å². The van der Waals surface area contributed by atoms with Crippen LogP contribution in [-0.2, 0) is 6.54 Å². The number of ether oxygens (including phenoxy) is 1. The first-order chi connectivity index (χ1) is 15.2. The molecule has 3 aromatic rings. The molecule has 1 saturated heterocycles. The molecular weight excluding hydrogens is 390 g/mol. The number of aromatic amines is 1. The number of aromatic nitrogens is 3. The lowest BCUT2D eigenvalue weighted by molar-refractivity contribution is 0.0778. The molecule has 1 saturated carbocycles. The second-order valence-corrected chi connectivity index (χ2v) is 9.03. The van der Waals surface area contributed by atoms with Crippen molar-refractivity contribution >= 4 is 21.9 Å². The van der Waals surface area contributed by atoms with Gasteiger partial charge >= 0.3 is 0 Å². The number of hydrogen-bond acceptors (Lipinski definition) is 5. The van der Waals surface area contributed by atoms with E-state index in [1.807, 2.05) is 18.2 Å². The van der Waals surface area contributed by atoms with Crippen LogP contribution < -0.4 is 10.3 Å². The number of rotatable bonds is 6. The van der Waals surface area contributed by atoms with Gasteiger partial charge in [0.25, 0.3) is 5.56 Å². The van der Waals surface area contributed by atoms with Crippen LogP contribution in [0.1, 0.15) is 38.5 Å². The highest BCUT2D eigenvalue weighted by atomic mass is 16.5. The van der Waals surface area contributed by atoms with E-state index in [1.54, 1.807) is 18.0 Å². The van der Waals surface area contributed by atoms with Gasteiger partial charge in [0.2, 0.25) is 0 Å². The Morgan fingerprint density at radius 1 is 1.10 bits per heavy atom. The maximum absolute atomic E-state index is 13.0. The standard InChI is InChI=1S/C24H33N5O2/c1-31-19-8-9-20-21(16-19)26-23-22(20)25-17-29(24(23)30)11-5-10-27-12-14-28(15-13-27)18-6-3-2-4-7-18/h8-9,16-18,26H,2-7,10-15H2,1H3. The van der Waals surface area contributed by atoms with Gasteiger partial charge in [-0.3, -0.25) is 14.3 Å². The SMILES string of the molecule is COc1ccc2c(c1)[nH]c1c(=O)n(CCCN3CCN(C4CCCCC4)CC3)cnc12. The molecule has 7 heteroatoms. The van der Waals surface area contributed by atoms with Crippen LogP contribution in [0.3, 0.4) is 0 Å². The first-order valence-corrected chi connectivity index (χ1v) is 11.7. The quantitative estimate of drug-likeness (QED) is 0.659. The zero-order valence-corrected chi connectivity index (χ0v) is 18.5. The smallest absolute Gasteiger partial charge is 0.277 e. The van der Waals surface area contributed by atoms with Crippen molar-refractivity contribution in [1.29, 1.82) is 0 Å². The topological polar surface area (TPSA) is 66.4 Å². The third-order valence-electron chi connectivity index (χ3n) is 7.15. The molecule has 2 aromatic heterocycles. The van der Waals surface area contributed by atoms with Crippen LogP contribution in [0.4, 0.5) is 0 Å². The molecule has 0 bridgehead atoms. The fourth-order valence-corrected chi connectivity index (χ4v) is 5.32. The zero-order valence-electron chi connectivity index (χ0n) is 18.5. The molecule has 1 N–H and O–H groups in total. The molecule has 1 aromatic carbocycles. The van der Waals surface area contributed by atoms with Gasteiger partial charge in [0, 0.05) is 50.2 Å². The second kappa shape index (κ2) is 9.01. The molecule has 0 atom stereocenters. The Labute approximate surface area is 183 Å². The molecule has 0 radical (unpaired) electrons. The molecule has 1 aliphatic heterocycles. The monoisotopic (exact) mass is 423 g/mol. The van der Waals surface area contributed by atoms with Gasteiger partial charge in [0.05, 0.1) is 19.0 Å². The summed E-state index contributed by atoms with van der Waals surface area (Å²) in [6.07, 6.45) is 9.67. The number of H-pyrrole nitrogens is 1. The molecule has 0 spiro atoms. The van der Waals surface area contributed by atoms with E-state index in [0.29, 0.717) is 12.1 Å². The summed E-state index contributed by atoms with van der Waals surface area (Å²) in [5.74, 6) is 0.767. The molecule has 7 nitrogen and oxygen atoms in total. The highest BCUT2D eigenvalue weighted by Gasteiger charge is 2.24. The summed E-state index contributed by atoms with van der Waals surface area (Å²) < 4.78 is 7.04. The third-order valence-corrected chi connectivity index (χ3v) is 7.15. The first kappa shape index (κ1) is 20.5. The van der Waals surface area contributed by atoms with Crippen LogP contribution in [0.15, 0.2) is 29.3 Å². The molecule has 166 valence electrons. The molecule has 1 aliphatic carbocycles. The summed E-state index contributed by atoms with van der Waals surface area (Å²) in [6.45, 7) is 6.41. The Bertz CT molecular complexity index is 1090. The average Bonchev–Trinajstić information content (AvgIpc) is 3.20. The minimum atomic E-state index is 0.00212. The van der Waals surface area contributed by atoms with E-state index in [2.05, 4.69) is 19.8 Å². The Morgan fingerprint density at radius 3 is 2.68 bits per heavy atom. The van der Waals surface area contributed by atoms with E-state index in [-0.39, 0.29) is 5.56 Å². The van der Waals surface area contributed by atoms with Gasteiger partial charge in [-0.25, -0.2) is 4.98 Å². The molecule has 5 rings (SSSR count). The van der Waals surface area contributed by atoms with Gasteiger partial charge in [-0.15, -0.1) is 0 Å². The highest BCUT2D eigenvalue weighted by Crippen LogP contribution is 2.25. The fraction of sp³-hybridized carbons (Fsp3) is 0.583. The van der Waals surface area contributed by atoms with Crippen molar-refractivity contribution in [1.82, 2.24) is 24.3 Å². The summed E-state index contributed by atoms with van der Waals surface area (Å²) in [6, 6.07) is 6.59. The second-order valence-electron chi connectivity index (χ2n) is 9.03.